The van der Waals surface area contributed by atoms with Crippen LogP contribution < -0.4 is 9.47 Å². The van der Waals surface area contributed by atoms with E-state index < -0.39 is 11.4 Å². The Labute approximate surface area is 207 Å². The summed E-state index contributed by atoms with van der Waals surface area (Å²) in [7, 11) is 3.03. The van der Waals surface area contributed by atoms with Gasteiger partial charge in [-0.15, -0.1) is 0 Å². The number of carbonyl (C=O) groups is 1. The molecule has 0 radical (unpaired) electrons. The van der Waals surface area contributed by atoms with Gasteiger partial charge in [0.2, 0.25) is 0 Å². The fourth-order valence-corrected chi connectivity index (χ4v) is 4.05. The van der Waals surface area contributed by atoms with Crippen molar-refractivity contribution in [3.63, 3.8) is 0 Å². The average molecular weight is 495 g/mol. The van der Waals surface area contributed by atoms with E-state index in [0.717, 1.165) is 5.39 Å². The number of pyridine rings is 2. The Hall–Kier alpha value is -3.55. The number of aromatic nitrogens is 2. The van der Waals surface area contributed by atoms with Crippen molar-refractivity contribution in [3.05, 3.63) is 82.9 Å². The smallest absolute Gasteiger partial charge is 0.163 e. The Balaban J connectivity index is 1.59. The van der Waals surface area contributed by atoms with Crippen LogP contribution in [-0.2, 0) is 5.60 Å². The zero-order chi connectivity index (χ0) is 25.2. The molecule has 1 unspecified atom stereocenters. The lowest BCUT2D eigenvalue weighted by Crippen LogP contribution is -2.24. The van der Waals surface area contributed by atoms with Crippen molar-refractivity contribution in [2.75, 3.05) is 14.2 Å². The van der Waals surface area contributed by atoms with Crippen LogP contribution in [0, 0.1) is 5.82 Å². The first-order valence-corrected chi connectivity index (χ1v) is 11.3. The van der Waals surface area contributed by atoms with Crippen molar-refractivity contribution >= 4 is 28.3 Å². The van der Waals surface area contributed by atoms with Crippen LogP contribution >= 0.6 is 11.6 Å². The largest absolute Gasteiger partial charge is 0.494 e. The zero-order valence-electron chi connectivity index (χ0n) is 19.5. The third-order valence-corrected chi connectivity index (χ3v) is 6.16. The van der Waals surface area contributed by atoms with E-state index in [1.165, 1.54) is 32.4 Å². The highest BCUT2D eigenvalue weighted by atomic mass is 35.5. The number of ketones is 1. The topological polar surface area (TPSA) is 81.5 Å². The number of benzene rings is 2. The van der Waals surface area contributed by atoms with Crippen LogP contribution in [0.3, 0.4) is 0 Å². The molecule has 0 amide bonds. The van der Waals surface area contributed by atoms with Crippen LogP contribution in [0.4, 0.5) is 4.39 Å². The number of rotatable bonds is 8. The quantitative estimate of drug-likeness (QED) is 0.303. The van der Waals surface area contributed by atoms with Gasteiger partial charge in [0.1, 0.15) is 34.1 Å². The summed E-state index contributed by atoms with van der Waals surface area (Å²) in [6, 6.07) is 14.6. The summed E-state index contributed by atoms with van der Waals surface area (Å²) in [6.07, 6.45) is 1.87. The second-order valence-electron chi connectivity index (χ2n) is 8.33. The van der Waals surface area contributed by atoms with E-state index in [2.05, 4.69) is 9.97 Å². The molecule has 0 aliphatic rings. The number of carbonyl (C=O) groups excluding carboxylic acids is 1. The first-order valence-electron chi connectivity index (χ1n) is 10.9. The fraction of sp³-hybridized carbons (Fsp3) is 0.222. The van der Waals surface area contributed by atoms with Crippen molar-refractivity contribution in [1.82, 2.24) is 9.97 Å². The molecular formula is C27H24ClFN2O4. The third kappa shape index (κ3) is 5.11. The van der Waals surface area contributed by atoms with Gasteiger partial charge < -0.3 is 14.6 Å². The first-order chi connectivity index (χ1) is 16.7. The van der Waals surface area contributed by atoms with Gasteiger partial charge in [-0.1, -0.05) is 17.7 Å². The van der Waals surface area contributed by atoms with Crippen molar-refractivity contribution < 1.29 is 23.8 Å². The average Bonchev–Trinajstić information content (AvgIpc) is 2.87. The van der Waals surface area contributed by atoms with Gasteiger partial charge in [-0.25, -0.2) is 9.37 Å². The maximum absolute atomic E-state index is 13.6. The molecule has 6 nitrogen and oxygen atoms in total. The van der Waals surface area contributed by atoms with Gasteiger partial charge in [-0.2, -0.15) is 0 Å². The molecule has 1 atom stereocenters. The second kappa shape index (κ2) is 9.98. The number of ether oxygens (including phenoxy) is 2. The number of hydrogen-bond acceptors (Lipinski definition) is 6. The molecule has 0 aliphatic carbocycles. The number of nitrogens with zero attached hydrogens (tertiary/aromatic N) is 2. The molecular weight excluding hydrogens is 471 g/mol. The third-order valence-electron chi connectivity index (χ3n) is 5.87. The van der Waals surface area contributed by atoms with E-state index in [-0.39, 0.29) is 23.6 Å². The highest BCUT2D eigenvalue weighted by Crippen LogP contribution is 2.35. The number of hydrogen-bond donors (Lipinski definition) is 1. The number of aliphatic hydroxyl groups is 1. The molecule has 4 rings (SSSR count). The molecule has 0 fully saturated rings. The van der Waals surface area contributed by atoms with Gasteiger partial charge in [0, 0.05) is 29.1 Å². The fourth-order valence-electron chi connectivity index (χ4n) is 3.87. The Kier molecular flexibility index (Phi) is 7.00. The molecule has 0 bridgehead atoms. The molecule has 0 saturated carbocycles. The highest BCUT2D eigenvalue weighted by molar-refractivity contribution is 6.31. The lowest BCUT2D eigenvalue weighted by molar-refractivity contribution is 0.0397. The molecule has 4 aromatic rings. The molecule has 0 saturated heterocycles. The number of Topliss-reactive ketones (excluding diaryl/α,β-unsaturated/α-hetero) is 1. The maximum atomic E-state index is 13.6. The minimum atomic E-state index is -1.41. The van der Waals surface area contributed by atoms with Crippen LogP contribution in [0.25, 0.3) is 22.2 Å². The summed E-state index contributed by atoms with van der Waals surface area (Å²) in [5.41, 5.74) is 1.03. The molecule has 0 aliphatic heterocycles. The first kappa shape index (κ1) is 24.6. The van der Waals surface area contributed by atoms with E-state index in [0.29, 0.717) is 39.5 Å². The predicted molar refractivity (Wildman–Crippen MR) is 133 cm³/mol. The van der Waals surface area contributed by atoms with Crippen molar-refractivity contribution in [1.29, 1.82) is 0 Å². The molecule has 35 heavy (non-hydrogen) atoms. The minimum absolute atomic E-state index is 0.0462. The van der Waals surface area contributed by atoms with Gasteiger partial charge in [0.15, 0.2) is 5.78 Å². The predicted octanol–water partition coefficient (Wildman–Crippen LogP) is 5.98. The summed E-state index contributed by atoms with van der Waals surface area (Å²) in [5.74, 6) is 0.267. The van der Waals surface area contributed by atoms with Gasteiger partial charge in [-0.3, -0.25) is 9.78 Å². The van der Waals surface area contributed by atoms with E-state index in [1.54, 1.807) is 43.5 Å². The monoisotopic (exact) mass is 494 g/mol. The molecule has 2 aromatic carbocycles. The summed E-state index contributed by atoms with van der Waals surface area (Å²) >= 11 is 5.95. The van der Waals surface area contributed by atoms with Crippen molar-refractivity contribution in [2.45, 2.75) is 25.4 Å². The SMILES string of the molecule is COc1ccc(C(C)(O)CCC(=O)c2cc(OC)c3ncccc3c2)nc1-c1ccc(F)c(Cl)c1. The van der Waals surface area contributed by atoms with Gasteiger partial charge in [-0.05, 0) is 61.9 Å². The van der Waals surface area contributed by atoms with Crippen LogP contribution in [0.2, 0.25) is 5.02 Å². The number of halogens is 2. The Morgan fingerprint density at radius 2 is 1.86 bits per heavy atom. The zero-order valence-corrected chi connectivity index (χ0v) is 20.3. The van der Waals surface area contributed by atoms with E-state index in [9.17, 15) is 14.3 Å². The van der Waals surface area contributed by atoms with E-state index in [4.69, 9.17) is 21.1 Å². The Morgan fingerprint density at radius 1 is 1.09 bits per heavy atom. The summed E-state index contributed by atoms with van der Waals surface area (Å²) in [6.45, 7) is 1.60. The van der Waals surface area contributed by atoms with Crippen molar-refractivity contribution in [2.24, 2.45) is 0 Å². The molecule has 8 heteroatoms. The molecule has 2 aromatic heterocycles. The molecule has 1 N–H and O–H groups in total. The minimum Gasteiger partial charge on any atom is -0.494 e. The summed E-state index contributed by atoms with van der Waals surface area (Å²) < 4.78 is 24.5. The lowest BCUT2D eigenvalue weighted by atomic mass is 9.92. The van der Waals surface area contributed by atoms with Gasteiger partial charge in [0.05, 0.1) is 24.9 Å². The molecule has 2 heterocycles. The Bertz CT molecular complexity index is 1410. The van der Waals surface area contributed by atoms with Gasteiger partial charge in [0.25, 0.3) is 0 Å². The lowest BCUT2D eigenvalue weighted by Gasteiger charge is -2.24. The number of fused-ring (bicyclic) bond motifs is 1. The highest BCUT2D eigenvalue weighted by Gasteiger charge is 2.28. The second-order valence-corrected chi connectivity index (χ2v) is 8.73. The summed E-state index contributed by atoms with van der Waals surface area (Å²) in [5, 5.41) is 12.0. The van der Waals surface area contributed by atoms with Crippen LogP contribution in [0.1, 0.15) is 35.8 Å². The van der Waals surface area contributed by atoms with Gasteiger partial charge >= 0.3 is 0 Å². The van der Waals surface area contributed by atoms with E-state index in [1.807, 2.05) is 6.07 Å². The standard InChI is InChI=1S/C27H24ClFN2O4/c1-27(33,11-10-21(32)18-13-16-5-4-12-30-25(16)23(15-18)35-3)24-9-8-22(34-2)26(31-24)17-6-7-20(29)19(28)14-17/h4-9,12-15,33H,10-11H2,1-3H3. The molecule has 180 valence electrons. The molecule has 0 spiro atoms. The van der Waals surface area contributed by atoms with Crippen LogP contribution in [0.15, 0.2) is 60.8 Å². The Morgan fingerprint density at radius 3 is 2.57 bits per heavy atom. The van der Waals surface area contributed by atoms with Crippen LogP contribution in [-0.4, -0.2) is 35.1 Å². The van der Waals surface area contributed by atoms with Crippen molar-refractivity contribution in [3.8, 4) is 22.8 Å². The normalized spacial score (nSPS) is 12.9. The van der Waals surface area contributed by atoms with Crippen LogP contribution in [0.5, 0.6) is 11.5 Å². The van der Waals surface area contributed by atoms with E-state index >= 15 is 0 Å². The number of methoxy groups -OCH3 is 2. The maximum Gasteiger partial charge on any atom is 0.163 e. The summed E-state index contributed by atoms with van der Waals surface area (Å²) in [4.78, 5) is 21.9.